The van der Waals surface area contributed by atoms with Gasteiger partial charge in [-0.3, -0.25) is 33.5 Å². The number of hydrogen-bond acceptors (Lipinski definition) is 11. The van der Waals surface area contributed by atoms with Crippen molar-refractivity contribution in [2.45, 2.75) is 98.5 Å². The smallest absolute Gasteiger partial charge is 0.315 e. The number of hydrogen-bond donors (Lipinski definition) is 7. The Labute approximate surface area is 346 Å². The number of urea groups is 1. The molecule has 0 bridgehead atoms. The van der Waals surface area contributed by atoms with Crippen molar-refractivity contribution in [3.05, 3.63) is 66.1 Å². The lowest BCUT2D eigenvalue weighted by atomic mass is 10.0. The molecule has 0 spiro atoms. The van der Waals surface area contributed by atoms with Gasteiger partial charge in [0.1, 0.15) is 23.9 Å². The van der Waals surface area contributed by atoms with Gasteiger partial charge in [-0.1, -0.05) is 19.1 Å². The molecule has 20 heteroatoms. The second kappa shape index (κ2) is 20.5. The average Bonchev–Trinajstić information content (AvgIpc) is 3.71. The number of pyridine rings is 1. The molecule has 59 heavy (non-hydrogen) atoms. The molecule has 1 saturated carbocycles. The monoisotopic (exact) mass is 856 g/mol. The van der Waals surface area contributed by atoms with Crippen LogP contribution in [0.2, 0.25) is 0 Å². The first-order chi connectivity index (χ1) is 28.2. The van der Waals surface area contributed by atoms with Gasteiger partial charge in [0.25, 0.3) is 11.5 Å². The van der Waals surface area contributed by atoms with Gasteiger partial charge in [-0.15, -0.1) is 6.58 Å². The Balaban J connectivity index is 0.000000428. The Morgan fingerprint density at radius 1 is 1.03 bits per heavy atom. The number of rotatable bonds is 18. The van der Waals surface area contributed by atoms with Crippen LogP contribution in [0.1, 0.15) is 57.8 Å². The van der Waals surface area contributed by atoms with E-state index in [0.717, 1.165) is 35.8 Å². The van der Waals surface area contributed by atoms with Crippen LogP contribution in [-0.4, -0.2) is 121 Å². The molecule has 320 valence electrons. The highest BCUT2D eigenvalue weighted by Crippen LogP contribution is 2.33. The maximum atomic E-state index is 13.7. The van der Waals surface area contributed by atoms with Crippen LogP contribution < -0.4 is 41.6 Å². The van der Waals surface area contributed by atoms with Crippen LogP contribution in [0.4, 0.5) is 4.79 Å². The van der Waals surface area contributed by atoms with E-state index < -0.39 is 62.9 Å². The Bertz CT molecular complexity index is 2090. The van der Waals surface area contributed by atoms with E-state index in [2.05, 4.69) is 44.7 Å². The summed E-state index contributed by atoms with van der Waals surface area (Å²) in [6.07, 6.45) is 7.97. The van der Waals surface area contributed by atoms with Crippen molar-refractivity contribution in [3.8, 4) is 5.75 Å². The normalized spacial score (nSPS) is 21.6. The van der Waals surface area contributed by atoms with Gasteiger partial charge >= 0.3 is 6.03 Å². The molecule has 1 aromatic heterocycles. The van der Waals surface area contributed by atoms with E-state index >= 15 is 0 Å². The predicted molar refractivity (Wildman–Crippen MR) is 222 cm³/mol. The number of carbonyl (C=O) groups is 6. The number of aromatic amines is 1. The molecular formula is C39H52N8O10S2. The van der Waals surface area contributed by atoms with Gasteiger partial charge in [-0.25, -0.2) is 13.2 Å². The molecule has 6 rings (SSSR count). The molecule has 6 atom stereocenters. The molecular weight excluding hydrogens is 805 g/mol. The van der Waals surface area contributed by atoms with Gasteiger partial charge in [0.15, 0.2) is 0 Å². The number of carbonyl (C=O) groups excluding carboxylic acids is 6. The average molecular weight is 857 g/mol. The number of amides is 7. The maximum absolute atomic E-state index is 13.7. The van der Waals surface area contributed by atoms with Crippen LogP contribution in [0, 0.1) is 0 Å². The number of aromatic nitrogens is 1. The number of methoxy groups -OCH3 is 1. The lowest BCUT2D eigenvalue weighted by molar-refractivity contribution is -0.142. The molecule has 4 heterocycles. The van der Waals surface area contributed by atoms with Crippen molar-refractivity contribution >= 4 is 68.1 Å². The minimum absolute atomic E-state index is 0.0309. The molecule has 1 aromatic carbocycles. The molecule has 2 aromatic rings. The number of likely N-dealkylation sites (tertiary alicyclic amines) is 1. The predicted octanol–water partition coefficient (Wildman–Crippen LogP) is 0.696. The summed E-state index contributed by atoms with van der Waals surface area (Å²) in [5, 5.41) is 14.8. The lowest BCUT2D eigenvalue weighted by Gasteiger charge is -2.29. The van der Waals surface area contributed by atoms with Crippen molar-refractivity contribution in [2.75, 3.05) is 26.0 Å². The van der Waals surface area contributed by atoms with E-state index in [1.807, 2.05) is 16.9 Å². The third kappa shape index (κ3) is 12.1. The summed E-state index contributed by atoms with van der Waals surface area (Å²) in [5.41, 5.74) is -0.0693. The Morgan fingerprint density at radius 3 is 2.53 bits per heavy atom. The summed E-state index contributed by atoms with van der Waals surface area (Å²) < 4.78 is 31.6. The minimum atomic E-state index is -3.84. The number of nitrogens with one attached hydrogen (secondary N) is 7. The Morgan fingerprint density at radius 2 is 1.81 bits per heavy atom. The summed E-state index contributed by atoms with van der Waals surface area (Å²) in [7, 11) is -2.23. The fourth-order valence-electron chi connectivity index (χ4n) is 7.16. The molecule has 3 unspecified atom stereocenters. The van der Waals surface area contributed by atoms with Gasteiger partial charge in [-0.2, -0.15) is 11.8 Å². The number of ether oxygens (including phenoxy) is 1. The third-order valence-electron chi connectivity index (χ3n) is 10.4. The second-order valence-electron chi connectivity index (χ2n) is 14.7. The molecule has 7 N–H and O–H groups in total. The van der Waals surface area contributed by atoms with Crippen molar-refractivity contribution in [3.63, 3.8) is 0 Å². The van der Waals surface area contributed by atoms with Crippen LogP contribution in [0.3, 0.4) is 0 Å². The highest BCUT2D eigenvalue weighted by Gasteiger charge is 2.43. The highest BCUT2D eigenvalue weighted by molar-refractivity contribution is 8.00. The number of nitrogens with zero attached hydrogens (tertiary/aromatic N) is 1. The SMILES string of the molecule is C=CCC(NC(=O)C1CCCN1C(=O)[C@H](CNC(=O)C=C)NC(=O)CCCCC1SC[C@H]2NC(=O)N[C@@H]12)C(=O)NS(=O)(=O)C1CC1.COc1ccc2c(=O)[nH]ccc2c1. The van der Waals surface area contributed by atoms with Gasteiger partial charge in [0, 0.05) is 42.1 Å². The Hall–Kier alpha value is -5.37. The van der Waals surface area contributed by atoms with Gasteiger partial charge in [0.2, 0.25) is 33.7 Å². The van der Waals surface area contributed by atoms with Crippen molar-refractivity contribution < 1.29 is 41.9 Å². The van der Waals surface area contributed by atoms with Crippen LogP contribution in [-0.2, 0) is 34.0 Å². The fourth-order valence-corrected chi connectivity index (χ4v) is 10.0. The van der Waals surface area contributed by atoms with Crippen LogP contribution in [0.25, 0.3) is 10.8 Å². The second-order valence-corrected chi connectivity index (χ2v) is 17.9. The van der Waals surface area contributed by atoms with E-state index in [1.165, 1.54) is 11.0 Å². The maximum Gasteiger partial charge on any atom is 0.315 e. The third-order valence-corrected chi connectivity index (χ3v) is 13.8. The summed E-state index contributed by atoms with van der Waals surface area (Å²) in [5.74, 6) is -1.43. The molecule has 1 aliphatic carbocycles. The molecule has 7 amide bonds. The quantitative estimate of drug-likeness (QED) is 0.0476. The summed E-state index contributed by atoms with van der Waals surface area (Å²) in [6, 6.07) is 3.91. The Kier molecular flexibility index (Phi) is 15.6. The first kappa shape index (κ1) is 44.7. The largest absolute Gasteiger partial charge is 0.497 e. The van der Waals surface area contributed by atoms with Crippen LogP contribution in [0.15, 0.2) is 60.6 Å². The van der Waals surface area contributed by atoms with E-state index in [-0.39, 0.29) is 61.3 Å². The molecule has 3 aliphatic heterocycles. The first-order valence-corrected chi connectivity index (χ1v) is 22.1. The van der Waals surface area contributed by atoms with E-state index in [1.54, 1.807) is 37.2 Å². The zero-order chi connectivity index (χ0) is 42.7. The standard InChI is InChI=1S/C29H43N7O8S2.C10H9NO2/c1-3-8-18(26(39)35-46(43,44)17-12-13-17)32-27(40)21-9-7-14-36(21)28(41)19(15-30-23(37)4-2)31-24(38)11-6-5-10-22-25-20(16-45-22)33-29(42)34-25;1-13-8-2-3-9-7(6-8)4-5-11-10(9)12/h3-4,17-22,25H,1-2,5-16H2,(H,30,37)(H,31,38)(H,32,40)(H,35,39)(H2,33,34,42);2-6H,1H3,(H,11,12)/t18?,19-,20+,21?,22?,25+;/m0./s1. The molecule has 3 saturated heterocycles. The van der Waals surface area contributed by atoms with Crippen LogP contribution >= 0.6 is 11.8 Å². The molecule has 4 aliphatic rings. The number of fused-ring (bicyclic) bond motifs is 2. The van der Waals surface area contributed by atoms with Crippen molar-refractivity contribution in [2.24, 2.45) is 0 Å². The van der Waals surface area contributed by atoms with E-state index in [9.17, 15) is 42.0 Å². The number of sulfonamides is 1. The number of H-pyrrole nitrogens is 1. The number of unbranched alkanes of at least 4 members (excludes halogenated alkanes) is 1. The fraction of sp³-hybridized carbons (Fsp3) is 0.513. The zero-order valence-corrected chi connectivity index (χ0v) is 34.5. The van der Waals surface area contributed by atoms with Crippen molar-refractivity contribution in [1.29, 1.82) is 0 Å². The lowest BCUT2D eigenvalue weighted by Crippen LogP contribution is -2.58. The van der Waals surface area contributed by atoms with Crippen molar-refractivity contribution in [1.82, 2.24) is 41.2 Å². The topological polar surface area (TPSA) is 254 Å². The molecule has 0 radical (unpaired) electrons. The van der Waals surface area contributed by atoms with E-state index in [0.29, 0.717) is 31.1 Å². The number of benzene rings is 1. The highest BCUT2D eigenvalue weighted by atomic mass is 32.2. The number of thioether (sulfide) groups is 1. The summed E-state index contributed by atoms with van der Waals surface area (Å²) >= 11 is 1.79. The summed E-state index contributed by atoms with van der Waals surface area (Å²) in [4.78, 5) is 91.4. The van der Waals surface area contributed by atoms with Gasteiger partial charge in [-0.05, 0) is 80.7 Å². The first-order valence-electron chi connectivity index (χ1n) is 19.6. The van der Waals surface area contributed by atoms with Gasteiger partial charge < -0.3 is 41.2 Å². The van der Waals surface area contributed by atoms with Gasteiger partial charge in [0.05, 0.1) is 24.4 Å². The molecule has 18 nitrogen and oxygen atoms in total. The molecule has 4 fully saturated rings. The zero-order valence-electron chi connectivity index (χ0n) is 32.8. The summed E-state index contributed by atoms with van der Waals surface area (Å²) in [6.45, 7) is 6.97. The van der Waals surface area contributed by atoms with Crippen LogP contribution in [0.5, 0.6) is 5.75 Å². The van der Waals surface area contributed by atoms with E-state index in [4.69, 9.17) is 4.74 Å². The minimum Gasteiger partial charge on any atom is -0.497 e.